The summed E-state index contributed by atoms with van der Waals surface area (Å²) in [6, 6.07) is 15.5. The molecule has 3 heterocycles. The molecule has 0 saturated heterocycles. The number of rotatable bonds is 4. The predicted octanol–water partition coefficient (Wildman–Crippen LogP) is 3.49. The first-order chi connectivity index (χ1) is 12.2. The van der Waals surface area contributed by atoms with Crippen molar-refractivity contribution in [3.63, 3.8) is 0 Å². The van der Waals surface area contributed by atoms with E-state index in [4.69, 9.17) is 0 Å². The highest BCUT2D eigenvalue weighted by molar-refractivity contribution is 7.20. The van der Waals surface area contributed by atoms with E-state index >= 15 is 0 Å². The topological polar surface area (TPSA) is 75.1 Å². The zero-order valence-electron chi connectivity index (χ0n) is 13.4. The van der Waals surface area contributed by atoms with E-state index in [-0.39, 0.29) is 5.91 Å². The molecule has 4 rings (SSSR count). The Labute approximate surface area is 147 Å². The van der Waals surface area contributed by atoms with Gasteiger partial charge in [0.1, 0.15) is 4.83 Å². The van der Waals surface area contributed by atoms with E-state index in [9.17, 15) is 4.79 Å². The van der Waals surface area contributed by atoms with Crippen molar-refractivity contribution in [2.75, 3.05) is 0 Å². The normalized spacial score (nSPS) is 11.4. The Morgan fingerprint density at radius 1 is 1.28 bits per heavy atom. The number of hydrazone groups is 1. The van der Waals surface area contributed by atoms with Gasteiger partial charge in [0.2, 0.25) is 0 Å². The molecule has 0 bridgehead atoms. The molecule has 0 saturated carbocycles. The largest absolute Gasteiger partial charge is 0.360 e. The number of benzene rings is 1. The second kappa shape index (κ2) is 6.37. The third-order valence-electron chi connectivity index (χ3n) is 3.76. The molecule has 0 fully saturated rings. The Morgan fingerprint density at radius 3 is 2.88 bits per heavy atom. The van der Waals surface area contributed by atoms with Crippen molar-refractivity contribution < 1.29 is 4.79 Å². The molecular weight excluding hydrogens is 334 g/mol. The number of aryl methyl sites for hydroxylation is 1. The minimum absolute atomic E-state index is 0.233. The van der Waals surface area contributed by atoms with Gasteiger partial charge in [-0.25, -0.2) is 10.1 Å². The number of nitrogens with one attached hydrogen (secondary N) is 2. The fourth-order valence-corrected chi connectivity index (χ4v) is 3.62. The van der Waals surface area contributed by atoms with Crippen LogP contribution >= 0.6 is 11.3 Å². The number of hydrogen-bond acceptors (Lipinski definition) is 4. The van der Waals surface area contributed by atoms with Gasteiger partial charge in [-0.2, -0.15) is 10.2 Å². The van der Waals surface area contributed by atoms with Crippen LogP contribution in [0.5, 0.6) is 0 Å². The lowest BCUT2D eigenvalue weighted by Crippen LogP contribution is -2.16. The Morgan fingerprint density at radius 2 is 2.12 bits per heavy atom. The van der Waals surface area contributed by atoms with E-state index in [2.05, 4.69) is 20.6 Å². The number of carbonyl (C=O) groups excluding carboxylic acids is 1. The molecular formula is C18H15N5OS. The van der Waals surface area contributed by atoms with Crippen LogP contribution in [0.15, 0.2) is 59.8 Å². The van der Waals surface area contributed by atoms with Crippen LogP contribution < -0.4 is 5.43 Å². The van der Waals surface area contributed by atoms with E-state index < -0.39 is 0 Å². The number of aromatic nitrogens is 3. The average Bonchev–Trinajstić information content (AvgIpc) is 3.34. The first kappa shape index (κ1) is 15.3. The average molecular weight is 349 g/mol. The quantitative estimate of drug-likeness (QED) is 0.437. The second-order valence-corrected chi connectivity index (χ2v) is 6.52. The van der Waals surface area contributed by atoms with Crippen LogP contribution in [0.1, 0.15) is 21.1 Å². The van der Waals surface area contributed by atoms with Gasteiger partial charge in [0.15, 0.2) is 0 Å². The molecule has 124 valence electrons. The number of thiophene rings is 1. The summed E-state index contributed by atoms with van der Waals surface area (Å²) >= 11 is 1.40. The summed E-state index contributed by atoms with van der Waals surface area (Å²) in [7, 11) is 0. The zero-order valence-corrected chi connectivity index (χ0v) is 14.2. The highest BCUT2D eigenvalue weighted by atomic mass is 32.1. The van der Waals surface area contributed by atoms with E-state index in [1.54, 1.807) is 12.4 Å². The number of para-hydroxylation sites is 1. The number of carbonyl (C=O) groups is 1. The molecule has 1 amide bonds. The molecule has 6 nitrogen and oxygen atoms in total. The fraction of sp³-hybridized carbons (Fsp3) is 0.0556. The van der Waals surface area contributed by atoms with Gasteiger partial charge < -0.3 is 4.98 Å². The summed E-state index contributed by atoms with van der Waals surface area (Å²) in [6.07, 6.45) is 3.37. The Kier molecular flexibility index (Phi) is 3.91. The molecule has 0 spiro atoms. The number of fused-ring (bicyclic) bond motifs is 1. The van der Waals surface area contributed by atoms with Crippen molar-refractivity contribution in [3.05, 3.63) is 71.0 Å². The molecule has 2 N–H and O–H groups in total. The first-order valence-corrected chi connectivity index (χ1v) is 8.55. The zero-order chi connectivity index (χ0) is 17.2. The lowest BCUT2D eigenvalue weighted by molar-refractivity contribution is 0.0959. The monoisotopic (exact) mass is 349 g/mol. The van der Waals surface area contributed by atoms with Gasteiger partial charge >= 0.3 is 0 Å². The van der Waals surface area contributed by atoms with Gasteiger partial charge in [0, 0.05) is 11.6 Å². The van der Waals surface area contributed by atoms with Crippen LogP contribution in [0.4, 0.5) is 0 Å². The summed E-state index contributed by atoms with van der Waals surface area (Å²) in [4.78, 5) is 16.9. The SMILES string of the molecule is Cc1nn(-c2ccccc2)c2sc(C(=O)NN=Cc3ccc[nH]3)cc12. The number of aromatic amines is 1. The number of hydrogen-bond donors (Lipinski definition) is 2. The smallest absolute Gasteiger partial charge is 0.281 e. The first-order valence-electron chi connectivity index (χ1n) is 7.74. The molecule has 25 heavy (non-hydrogen) atoms. The standard InChI is InChI=1S/C18H15N5OS/c1-12-15-10-16(17(24)21-20-11-13-6-5-9-19-13)25-18(15)23(22-12)14-7-3-2-4-8-14/h2-11,19H,1H3,(H,21,24). The summed E-state index contributed by atoms with van der Waals surface area (Å²) in [5, 5.41) is 9.53. The molecule has 0 aliphatic heterocycles. The van der Waals surface area contributed by atoms with Crippen molar-refractivity contribution in [3.8, 4) is 5.69 Å². The number of amides is 1. The maximum Gasteiger partial charge on any atom is 0.281 e. The molecule has 3 aromatic heterocycles. The van der Waals surface area contributed by atoms with Gasteiger partial charge in [-0.05, 0) is 37.3 Å². The highest BCUT2D eigenvalue weighted by Gasteiger charge is 2.16. The van der Waals surface area contributed by atoms with Gasteiger partial charge in [0.05, 0.1) is 28.2 Å². The Balaban J connectivity index is 1.62. The Bertz CT molecular complexity index is 1040. The van der Waals surface area contributed by atoms with Gasteiger partial charge in [0.25, 0.3) is 5.91 Å². The van der Waals surface area contributed by atoms with Gasteiger partial charge in [-0.1, -0.05) is 18.2 Å². The van der Waals surface area contributed by atoms with Crippen LogP contribution in [0, 0.1) is 6.92 Å². The predicted molar refractivity (Wildman–Crippen MR) is 99.5 cm³/mol. The summed E-state index contributed by atoms with van der Waals surface area (Å²) in [5.74, 6) is -0.233. The minimum atomic E-state index is -0.233. The molecule has 7 heteroatoms. The van der Waals surface area contributed by atoms with Gasteiger partial charge in [-0.3, -0.25) is 4.79 Å². The van der Waals surface area contributed by atoms with E-state index in [0.717, 1.165) is 27.3 Å². The van der Waals surface area contributed by atoms with Crippen LogP contribution in [0.3, 0.4) is 0 Å². The van der Waals surface area contributed by atoms with Crippen molar-refractivity contribution in [2.24, 2.45) is 5.10 Å². The Hall–Kier alpha value is -3.19. The molecule has 0 unspecified atom stereocenters. The van der Waals surface area contributed by atoms with Crippen molar-refractivity contribution in [1.82, 2.24) is 20.2 Å². The molecule has 4 aromatic rings. The number of nitrogens with zero attached hydrogens (tertiary/aromatic N) is 3. The lowest BCUT2D eigenvalue weighted by Gasteiger charge is -2.01. The highest BCUT2D eigenvalue weighted by Crippen LogP contribution is 2.30. The van der Waals surface area contributed by atoms with Crippen LogP contribution in [-0.4, -0.2) is 26.9 Å². The summed E-state index contributed by atoms with van der Waals surface area (Å²) in [6.45, 7) is 1.94. The fourth-order valence-electron chi connectivity index (χ4n) is 2.54. The molecule has 0 atom stereocenters. The molecule has 1 aromatic carbocycles. The minimum Gasteiger partial charge on any atom is -0.360 e. The summed E-state index contributed by atoms with van der Waals surface area (Å²) < 4.78 is 1.87. The maximum absolute atomic E-state index is 12.3. The van der Waals surface area contributed by atoms with Gasteiger partial charge in [-0.15, -0.1) is 11.3 Å². The van der Waals surface area contributed by atoms with E-state index in [1.807, 2.05) is 60.1 Å². The third-order valence-corrected chi connectivity index (χ3v) is 4.87. The molecule has 0 aliphatic carbocycles. The molecule has 0 aliphatic rings. The third kappa shape index (κ3) is 2.97. The van der Waals surface area contributed by atoms with E-state index in [0.29, 0.717) is 4.88 Å². The van der Waals surface area contributed by atoms with Crippen LogP contribution in [0.2, 0.25) is 0 Å². The maximum atomic E-state index is 12.3. The van der Waals surface area contributed by atoms with Crippen LogP contribution in [0.25, 0.3) is 15.9 Å². The van der Waals surface area contributed by atoms with Crippen molar-refractivity contribution >= 4 is 33.7 Å². The van der Waals surface area contributed by atoms with Crippen molar-refractivity contribution in [1.29, 1.82) is 0 Å². The summed E-state index contributed by atoms with van der Waals surface area (Å²) in [5.41, 5.74) is 5.25. The van der Waals surface area contributed by atoms with Crippen LogP contribution in [-0.2, 0) is 0 Å². The molecule has 0 radical (unpaired) electrons. The lowest BCUT2D eigenvalue weighted by atomic mass is 10.3. The van der Waals surface area contributed by atoms with E-state index in [1.165, 1.54) is 11.3 Å². The van der Waals surface area contributed by atoms with Crippen molar-refractivity contribution in [2.45, 2.75) is 6.92 Å². The second-order valence-electron chi connectivity index (χ2n) is 5.49. The number of H-pyrrole nitrogens is 1.